The highest BCUT2D eigenvalue weighted by Crippen LogP contribution is 2.28. The SMILES string of the molecule is CN(c1cc([N+](=O)[O-])cc[n+]1[O-])C(C)(O)c1ccccc1. The molecule has 1 heterocycles. The second-order valence-electron chi connectivity index (χ2n) is 4.77. The normalized spacial score (nSPS) is 13.5. The van der Waals surface area contributed by atoms with Crippen molar-refractivity contribution in [2.24, 2.45) is 0 Å². The van der Waals surface area contributed by atoms with Crippen molar-refractivity contribution < 1.29 is 14.8 Å². The van der Waals surface area contributed by atoms with Crippen LogP contribution in [0.2, 0.25) is 0 Å². The van der Waals surface area contributed by atoms with Gasteiger partial charge in [0, 0.05) is 12.5 Å². The van der Waals surface area contributed by atoms with Gasteiger partial charge in [0.25, 0.3) is 11.5 Å². The first kappa shape index (κ1) is 14.7. The van der Waals surface area contributed by atoms with E-state index in [2.05, 4.69) is 0 Å². The van der Waals surface area contributed by atoms with E-state index in [1.807, 2.05) is 0 Å². The molecule has 110 valence electrons. The third kappa shape index (κ3) is 2.77. The summed E-state index contributed by atoms with van der Waals surface area (Å²) in [6.07, 6.45) is 1.05. The van der Waals surface area contributed by atoms with E-state index < -0.39 is 10.6 Å². The lowest BCUT2D eigenvalue weighted by molar-refractivity contribution is -0.593. The van der Waals surface area contributed by atoms with Gasteiger partial charge in [0.15, 0.2) is 0 Å². The van der Waals surface area contributed by atoms with Crippen LogP contribution in [0.4, 0.5) is 11.5 Å². The van der Waals surface area contributed by atoms with Gasteiger partial charge in [-0.1, -0.05) is 30.3 Å². The fraction of sp³-hybridized carbons (Fsp3) is 0.214. The average Bonchev–Trinajstić information content (AvgIpc) is 2.47. The minimum absolute atomic E-state index is 0.0157. The number of hydrogen-bond acceptors (Lipinski definition) is 5. The van der Waals surface area contributed by atoms with Crippen molar-refractivity contribution in [3.63, 3.8) is 0 Å². The Labute approximate surface area is 121 Å². The molecule has 2 rings (SSSR count). The molecule has 1 N–H and O–H groups in total. The van der Waals surface area contributed by atoms with Gasteiger partial charge in [0.05, 0.1) is 18.0 Å². The van der Waals surface area contributed by atoms with E-state index in [4.69, 9.17) is 0 Å². The second-order valence-corrected chi connectivity index (χ2v) is 4.77. The molecule has 21 heavy (non-hydrogen) atoms. The van der Waals surface area contributed by atoms with Gasteiger partial charge in [-0.15, -0.1) is 0 Å². The van der Waals surface area contributed by atoms with Gasteiger partial charge in [-0.3, -0.25) is 10.1 Å². The molecule has 2 aromatic rings. The molecule has 0 spiro atoms. The number of nitro groups is 1. The average molecular weight is 289 g/mol. The Morgan fingerprint density at radius 1 is 1.29 bits per heavy atom. The molecule has 1 aromatic heterocycles. The van der Waals surface area contributed by atoms with Gasteiger partial charge in [-0.25, -0.2) is 9.63 Å². The predicted octanol–water partition coefficient (Wildman–Crippen LogP) is 1.53. The number of aliphatic hydroxyl groups is 1. The Hall–Kier alpha value is -2.67. The maximum atomic E-state index is 11.9. The summed E-state index contributed by atoms with van der Waals surface area (Å²) in [5, 5.41) is 33.3. The smallest absolute Gasteiger partial charge is 0.289 e. The monoisotopic (exact) mass is 289 g/mol. The quantitative estimate of drug-likeness (QED) is 0.303. The largest absolute Gasteiger partial charge is 0.711 e. The highest BCUT2D eigenvalue weighted by molar-refractivity contribution is 5.45. The zero-order chi connectivity index (χ0) is 15.6. The van der Waals surface area contributed by atoms with Crippen LogP contribution < -0.4 is 9.63 Å². The molecule has 0 aliphatic heterocycles. The Morgan fingerprint density at radius 3 is 2.48 bits per heavy atom. The van der Waals surface area contributed by atoms with E-state index in [1.165, 1.54) is 18.9 Å². The number of pyridine rings is 1. The molecular weight excluding hydrogens is 274 g/mol. The van der Waals surface area contributed by atoms with Crippen molar-refractivity contribution in [3.05, 3.63) is 69.5 Å². The summed E-state index contributed by atoms with van der Waals surface area (Å²) in [5.74, 6) is -0.0157. The van der Waals surface area contributed by atoms with Gasteiger partial charge in [0.1, 0.15) is 12.3 Å². The topological polar surface area (TPSA) is 93.5 Å². The lowest BCUT2D eigenvalue weighted by atomic mass is 10.0. The van der Waals surface area contributed by atoms with Crippen LogP contribution in [0.25, 0.3) is 0 Å². The number of aromatic nitrogens is 1. The highest BCUT2D eigenvalue weighted by Gasteiger charge is 2.36. The molecule has 1 atom stereocenters. The standard InChI is InChI=1S/C14H15N3O4/c1-14(18,11-6-4-3-5-7-11)15(2)13-10-12(17(20)21)8-9-16(13)19/h3-10,18H,1-2H3. The Kier molecular flexibility index (Phi) is 3.77. The summed E-state index contributed by atoms with van der Waals surface area (Å²) >= 11 is 0. The van der Waals surface area contributed by atoms with Gasteiger partial charge in [-0.2, -0.15) is 0 Å². The van der Waals surface area contributed by atoms with Crippen molar-refractivity contribution in [2.45, 2.75) is 12.6 Å². The minimum Gasteiger partial charge on any atom is -0.711 e. The Balaban J connectivity index is 2.46. The molecule has 0 saturated carbocycles. The minimum atomic E-state index is -1.48. The molecule has 7 heteroatoms. The molecular formula is C14H15N3O4. The van der Waals surface area contributed by atoms with E-state index in [1.54, 1.807) is 30.3 Å². The zero-order valence-corrected chi connectivity index (χ0v) is 11.6. The van der Waals surface area contributed by atoms with Crippen LogP contribution in [-0.4, -0.2) is 17.1 Å². The van der Waals surface area contributed by atoms with Crippen LogP contribution in [0.3, 0.4) is 0 Å². The van der Waals surface area contributed by atoms with Crippen molar-refractivity contribution in [2.75, 3.05) is 11.9 Å². The molecule has 7 nitrogen and oxygen atoms in total. The lowest BCUT2D eigenvalue weighted by Crippen LogP contribution is -2.47. The fourth-order valence-corrected chi connectivity index (χ4v) is 1.99. The summed E-state index contributed by atoms with van der Waals surface area (Å²) in [7, 11) is 1.50. The molecule has 0 aliphatic carbocycles. The van der Waals surface area contributed by atoms with E-state index in [0.29, 0.717) is 10.3 Å². The van der Waals surface area contributed by atoms with E-state index in [9.17, 15) is 20.4 Å². The van der Waals surface area contributed by atoms with Crippen LogP contribution in [0, 0.1) is 15.3 Å². The maximum Gasteiger partial charge on any atom is 0.289 e. The molecule has 1 unspecified atom stereocenters. The number of hydrogen-bond donors (Lipinski definition) is 1. The molecule has 0 fully saturated rings. The Morgan fingerprint density at radius 2 is 1.90 bits per heavy atom. The molecule has 0 amide bonds. The summed E-state index contributed by atoms with van der Waals surface area (Å²) in [5.41, 5.74) is -1.13. The van der Waals surface area contributed by atoms with Crippen molar-refractivity contribution in [3.8, 4) is 0 Å². The van der Waals surface area contributed by atoms with Crippen LogP contribution >= 0.6 is 0 Å². The summed E-state index contributed by atoms with van der Waals surface area (Å²) in [6.45, 7) is 1.52. The summed E-state index contributed by atoms with van der Waals surface area (Å²) in [4.78, 5) is 11.5. The number of rotatable bonds is 4. The van der Waals surface area contributed by atoms with E-state index >= 15 is 0 Å². The zero-order valence-electron chi connectivity index (χ0n) is 11.6. The first-order valence-electron chi connectivity index (χ1n) is 6.23. The van der Waals surface area contributed by atoms with Crippen LogP contribution in [0.1, 0.15) is 12.5 Å². The van der Waals surface area contributed by atoms with Gasteiger partial charge < -0.3 is 10.3 Å². The maximum absolute atomic E-state index is 11.9. The Bertz CT molecular complexity index is 659. The van der Waals surface area contributed by atoms with Crippen LogP contribution in [0.5, 0.6) is 0 Å². The van der Waals surface area contributed by atoms with Gasteiger partial charge >= 0.3 is 0 Å². The third-order valence-corrected chi connectivity index (χ3v) is 3.41. The van der Waals surface area contributed by atoms with Crippen LogP contribution in [0.15, 0.2) is 48.7 Å². The number of anilines is 1. The fourth-order valence-electron chi connectivity index (χ4n) is 1.99. The second kappa shape index (κ2) is 5.37. The molecule has 0 bridgehead atoms. The lowest BCUT2D eigenvalue weighted by Gasteiger charge is -2.30. The van der Waals surface area contributed by atoms with Crippen LogP contribution in [-0.2, 0) is 5.72 Å². The van der Waals surface area contributed by atoms with Crippen molar-refractivity contribution >= 4 is 11.5 Å². The molecule has 0 saturated heterocycles. The predicted molar refractivity (Wildman–Crippen MR) is 76.5 cm³/mol. The number of benzene rings is 1. The van der Waals surface area contributed by atoms with Crippen molar-refractivity contribution in [1.29, 1.82) is 0 Å². The highest BCUT2D eigenvalue weighted by atomic mass is 16.6. The van der Waals surface area contributed by atoms with E-state index in [0.717, 1.165) is 18.3 Å². The first-order chi connectivity index (χ1) is 9.84. The number of nitrogens with zero attached hydrogens (tertiary/aromatic N) is 3. The summed E-state index contributed by atoms with van der Waals surface area (Å²) < 4.78 is 0.477. The van der Waals surface area contributed by atoms with Crippen molar-refractivity contribution in [1.82, 2.24) is 0 Å². The van der Waals surface area contributed by atoms with E-state index in [-0.39, 0.29) is 11.5 Å². The molecule has 0 radical (unpaired) electrons. The summed E-state index contributed by atoms with van der Waals surface area (Å²) in [6, 6.07) is 11.0. The van der Waals surface area contributed by atoms with Gasteiger partial charge in [-0.05, 0) is 0 Å². The third-order valence-electron chi connectivity index (χ3n) is 3.41. The van der Waals surface area contributed by atoms with Gasteiger partial charge in [0.2, 0.25) is 5.72 Å². The first-order valence-corrected chi connectivity index (χ1v) is 6.23. The molecule has 0 aliphatic rings. The molecule has 1 aromatic carbocycles.